The van der Waals surface area contributed by atoms with Gasteiger partial charge in [-0.1, -0.05) is 22.0 Å². The van der Waals surface area contributed by atoms with Crippen LogP contribution in [-0.2, 0) is 0 Å². The Hall–Kier alpha value is -1.14. The van der Waals surface area contributed by atoms with Crippen molar-refractivity contribution in [2.75, 3.05) is 0 Å². The van der Waals surface area contributed by atoms with Gasteiger partial charge in [0.2, 0.25) is 0 Å². The molecule has 3 heteroatoms. The van der Waals surface area contributed by atoms with Crippen LogP contribution in [0.15, 0.2) is 22.7 Å². The molecule has 0 aliphatic rings. The number of carbonyl (C=O) groups excluding carboxylic acids is 1. The molecule has 0 bridgehead atoms. The number of rotatable bonds is 2. The molecule has 66 valence electrons. The molecular formula is C10H8BrNO. The number of ketones is 1. The molecule has 0 N–H and O–H groups in total. The highest BCUT2D eigenvalue weighted by Crippen LogP contribution is 2.17. The quantitative estimate of drug-likeness (QED) is 0.743. The summed E-state index contributed by atoms with van der Waals surface area (Å²) in [5.41, 5.74) is 1.60. The van der Waals surface area contributed by atoms with E-state index in [-0.39, 0.29) is 12.2 Å². The van der Waals surface area contributed by atoms with Crippen LogP contribution in [0.4, 0.5) is 0 Å². The third-order valence-corrected chi connectivity index (χ3v) is 2.61. The van der Waals surface area contributed by atoms with Gasteiger partial charge in [0.25, 0.3) is 0 Å². The molecule has 0 fully saturated rings. The van der Waals surface area contributed by atoms with Crippen LogP contribution < -0.4 is 0 Å². The van der Waals surface area contributed by atoms with E-state index in [4.69, 9.17) is 5.26 Å². The lowest BCUT2D eigenvalue weighted by Gasteiger charge is -2.00. The van der Waals surface area contributed by atoms with Crippen molar-refractivity contribution in [1.82, 2.24) is 0 Å². The van der Waals surface area contributed by atoms with Gasteiger partial charge in [-0.25, -0.2) is 0 Å². The minimum Gasteiger partial charge on any atom is -0.293 e. The Kier molecular flexibility index (Phi) is 3.21. The molecule has 1 aromatic carbocycles. The molecule has 0 unspecified atom stereocenters. The molecule has 13 heavy (non-hydrogen) atoms. The summed E-state index contributed by atoms with van der Waals surface area (Å²) in [6.07, 6.45) is -0.0545. The average Bonchev–Trinajstić information content (AvgIpc) is 2.10. The van der Waals surface area contributed by atoms with E-state index in [1.54, 1.807) is 12.1 Å². The minimum absolute atomic E-state index is 0.0545. The fourth-order valence-electron chi connectivity index (χ4n) is 0.992. The highest BCUT2D eigenvalue weighted by molar-refractivity contribution is 9.10. The molecule has 0 saturated heterocycles. The number of hydrogen-bond donors (Lipinski definition) is 0. The van der Waals surface area contributed by atoms with Crippen LogP contribution in [0.5, 0.6) is 0 Å². The van der Waals surface area contributed by atoms with Gasteiger partial charge in [-0.05, 0) is 24.6 Å². The summed E-state index contributed by atoms with van der Waals surface area (Å²) in [6, 6.07) is 7.16. The van der Waals surface area contributed by atoms with Crippen LogP contribution in [0.1, 0.15) is 22.3 Å². The fraction of sp³-hybridized carbons (Fsp3) is 0.200. The van der Waals surface area contributed by atoms with E-state index in [1.807, 2.05) is 19.1 Å². The highest BCUT2D eigenvalue weighted by Gasteiger charge is 2.05. The van der Waals surface area contributed by atoms with Crippen molar-refractivity contribution >= 4 is 21.7 Å². The smallest absolute Gasteiger partial charge is 0.176 e. The van der Waals surface area contributed by atoms with E-state index in [0.29, 0.717) is 5.56 Å². The largest absolute Gasteiger partial charge is 0.293 e. The molecule has 1 aromatic rings. The summed E-state index contributed by atoms with van der Waals surface area (Å²) in [5.74, 6) is -0.127. The van der Waals surface area contributed by atoms with Crippen molar-refractivity contribution in [2.45, 2.75) is 13.3 Å². The van der Waals surface area contributed by atoms with Gasteiger partial charge in [0.05, 0.1) is 12.5 Å². The van der Waals surface area contributed by atoms with E-state index in [9.17, 15) is 4.79 Å². The van der Waals surface area contributed by atoms with E-state index in [2.05, 4.69) is 15.9 Å². The first-order chi connectivity index (χ1) is 6.15. The zero-order valence-corrected chi connectivity index (χ0v) is 8.76. The van der Waals surface area contributed by atoms with Crippen molar-refractivity contribution in [1.29, 1.82) is 5.26 Å². The van der Waals surface area contributed by atoms with Crippen LogP contribution in [0.3, 0.4) is 0 Å². The number of hydrogen-bond acceptors (Lipinski definition) is 2. The lowest BCUT2D eigenvalue weighted by atomic mass is 10.1. The van der Waals surface area contributed by atoms with Gasteiger partial charge in [-0.15, -0.1) is 0 Å². The molecule has 2 nitrogen and oxygen atoms in total. The standard InChI is InChI=1S/C10H8BrNO/c1-7-6-8(2-3-9(7)11)10(13)4-5-12/h2-3,6H,4H2,1H3. The molecule has 0 aliphatic carbocycles. The lowest BCUT2D eigenvalue weighted by molar-refractivity contribution is 0.0997. The van der Waals surface area contributed by atoms with E-state index in [1.165, 1.54) is 0 Å². The van der Waals surface area contributed by atoms with Gasteiger partial charge in [-0.3, -0.25) is 4.79 Å². The first-order valence-electron chi connectivity index (χ1n) is 3.81. The zero-order valence-electron chi connectivity index (χ0n) is 7.17. The van der Waals surface area contributed by atoms with Gasteiger partial charge < -0.3 is 0 Å². The normalized spacial score (nSPS) is 9.31. The molecule has 0 atom stereocenters. The Labute approximate surface area is 85.3 Å². The number of aryl methyl sites for hydroxylation is 1. The molecule has 0 saturated carbocycles. The van der Waals surface area contributed by atoms with Gasteiger partial charge >= 0.3 is 0 Å². The second-order valence-corrected chi connectivity index (χ2v) is 3.58. The predicted molar refractivity (Wildman–Crippen MR) is 53.4 cm³/mol. The molecular weight excluding hydrogens is 230 g/mol. The number of carbonyl (C=O) groups is 1. The number of nitrogens with zero attached hydrogens (tertiary/aromatic N) is 1. The van der Waals surface area contributed by atoms with Gasteiger partial charge in [-0.2, -0.15) is 5.26 Å². The summed E-state index contributed by atoms with van der Waals surface area (Å²) in [4.78, 5) is 11.3. The number of benzene rings is 1. The number of nitriles is 1. The highest BCUT2D eigenvalue weighted by atomic mass is 79.9. The lowest BCUT2D eigenvalue weighted by Crippen LogP contribution is -1.97. The van der Waals surface area contributed by atoms with Crippen LogP contribution in [-0.4, -0.2) is 5.78 Å². The maximum atomic E-state index is 11.3. The summed E-state index contributed by atoms with van der Waals surface area (Å²) in [7, 11) is 0. The van der Waals surface area contributed by atoms with Crippen LogP contribution in [0, 0.1) is 18.3 Å². The van der Waals surface area contributed by atoms with Gasteiger partial charge in [0, 0.05) is 10.0 Å². The molecule has 0 aromatic heterocycles. The second kappa shape index (κ2) is 4.20. The van der Waals surface area contributed by atoms with Gasteiger partial charge in [0.1, 0.15) is 0 Å². The van der Waals surface area contributed by atoms with Gasteiger partial charge in [0.15, 0.2) is 5.78 Å². The third kappa shape index (κ3) is 2.40. The maximum absolute atomic E-state index is 11.3. The second-order valence-electron chi connectivity index (χ2n) is 2.72. The third-order valence-electron chi connectivity index (χ3n) is 1.72. The molecule has 0 aliphatic heterocycles. The van der Waals surface area contributed by atoms with Crippen molar-refractivity contribution in [3.05, 3.63) is 33.8 Å². The van der Waals surface area contributed by atoms with Crippen molar-refractivity contribution in [3.8, 4) is 6.07 Å². The van der Waals surface area contributed by atoms with E-state index < -0.39 is 0 Å². The number of Topliss-reactive ketones (excluding diaryl/α,β-unsaturated/α-hetero) is 1. The Bertz CT molecular complexity index is 379. The molecule has 0 amide bonds. The average molecular weight is 238 g/mol. The molecule has 1 rings (SSSR count). The first-order valence-corrected chi connectivity index (χ1v) is 4.60. The summed E-state index contributed by atoms with van der Waals surface area (Å²) in [6.45, 7) is 1.91. The minimum atomic E-state index is -0.127. The van der Waals surface area contributed by atoms with Crippen LogP contribution in [0.2, 0.25) is 0 Å². The Morgan fingerprint density at radius 3 is 2.85 bits per heavy atom. The molecule has 0 radical (unpaired) electrons. The summed E-state index contributed by atoms with van der Waals surface area (Å²) in [5, 5.41) is 8.34. The summed E-state index contributed by atoms with van der Waals surface area (Å²) < 4.78 is 0.973. The van der Waals surface area contributed by atoms with Crippen molar-refractivity contribution in [3.63, 3.8) is 0 Å². The van der Waals surface area contributed by atoms with E-state index in [0.717, 1.165) is 10.0 Å². The SMILES string of the molecule is Cc1cc(C(=O)CC#N)ccc1Br. The van der Waals surface area contributed by atoms with Crippen molar-refractivity contribution in [2.24, 2.45) is 0 Å². The summed E-state index contributed by atoms with van der Waals surface area (Å²) >= 11 is 3.34. The monoisotopic (exact) mass is 237 g/mol. The Balaban J connectivity index is 2.98. The maximum Gasteiger partial charge on any atom is 0.176 e. The Morgan fingerprint density at radius 1 is 1.62 bits per heavy atom. The topological polar surface area (TPSA) is 40.9 Å². The molecule has 0 spiro atoms. The van der Waals surface area contributed by atoms with Crippen LogP contribution >= 0.6 is 15.9 Å². The van der Waals surface area contributed by atoms with Crippen molar-refractivity contribution < 1.29 is 4.79 Å². The Morgan fingerprint density at radius 2 is 2.31 bits per heavy atom. The first kappa shape index (κ1) is 9.94. The predicted octanol–water partition coefficient (Wildman–Crippen LogP) is 2.85. The van der Waals surface area contributed by atoms with E-state index >= 15 is 0 Å². The number of halogens is 1. The van der Waals surface area contributed by atoms with Crippen LogP contribution in [0.25, 0.3) is 0 Å². The molecule has 0 heterocycles. The fourth-order valence-corrected chi connectivity index (χ4v) is 1.24. The zero-order chi connectivity index (χ0) is 9.84.